The minimum Gasteiger partial charge on any atom is -0.396 e. The van der Waals surface area contributed by atoms with Gasteiger partial charge in [-0.15, -0.1) is 0 Å². The van der Waals surface area contributed by atoms with Crippen molar-refractivity contribution in [3.05, 3.63) is 0 Å². The molecule has 2 nitrogen and oxygen atoms in total. The van der Waals surface area contributed by atoms with E-state index in [1.165, 1.54) is 0 Å². The van der Waals surface area contributed by atoms with Gasteiger partial charge < -0.3 is 9.84 Å². The predicted octanol–water partition coefficient (Wildman–Crippen LogP) is 1.18. The van der Waals surface area contributed by atoms with E-state index in [-0.39, 0.29) is 18.1 Å². The molecule has 0 amide bonds. The summed E-state index contributed by atoms with van der Waals surface area (Å²) in [6, 6.07) is 0. The highest BCUT2D eigenvalue weighted by molar-refractivity contribution is 4.97. The molecule has 1 unspecified atom stereocenters. The van der Waals surface area contributed by atoms with Crippen molar-refractivity contribution in [2.75, 3.05) is 13.2 Å². The Kier molecular flexibility index (Phi) is 2.32. The fraction of sp³-hybridized carbons (Fsp3) is 1.00. The Balaban J connectivity index is 2.32. The van der Waals surface area contributed by atoms with Crippen molar-refractivity contribution in [1.82, 2.24) is 0 Å². The third-order valence-corrected chi connectivity index (χ3v) is 2.49. The molecule has 1 saturated carbocycles. The summed E-state index contributed by atoms with van der Waals surface area (Å²) < 4.78 is 5.40. The molecular formula is C8H16O2. The van der Waals surface area contributed by atoms with Gasteiger partial charge in [-0.05, 0) is 26.7 Å². The Morgan fingerprint density at radius 3 is 2.50 bits per heavy atom. The smallest absolute Gasteiger partial charge is 0.0624 e. The Hall–Kier alpha value is -0.0800. The first kappa shape index (κ1) is 8.02. The fourth-order valence-corrected chi connectivity index (χ4v) is 1.28. The molecule has 10 heavy (non-hydrogen) atoms. The average Bonchev–Trinajstić information content (AvgIpc) is 2.68. The van der Waals surface area contributed by atoms with Gasteiger partial charge in [0, 0.05) is 12.0 Å². The molecule has 1 N–H and O–H groups in total. The van der Waals surface area contributed by atoms with Crippen molar-refractivity contribution in [2.45, 2.75) is 32.8 Å². The van der Waals surface area contributed by atoms with Gasteiger partial charge in [-0.3, -0.25) is 0 Å². The van der Waals surface area contributed by atoms with Crippen LogP contribution in [0.1, 0.15) is 26.7 Å². The second kappa shape index (κ2) is 2.89. The van der Waals surface area contributed by atoms with E-state index in [2.05, 4.69) is 0 Å². The molecule has 0 aliphatic heterocycles. The maximum absolute atomic E-state index is 8.97. The average molecular weight is 144 g/mol. The second-order valence-electron chi connectivity index (χ2n) is 3.12. The zero-order chi connectivity index (χ0) is 7.61. The standard InChI is InChI=1S/C8H16O2/c1-3-10-7(2)8(6-9)4-5-8/h7,9H,3-6H2,1-2H3. The molecule has 0 aromatic carbocycles. The van der Waals surface area contributed by atoms with E-state index in [1.54, 1.807) is 0 Å². The first-order chi connectivity index (χ1) is 4.75. The van der Waals surface area contributed by atoms with Crippen molar-refractivity contribution >= 4 is 0 Å². The molecule has 2 heteroatoms. The van der Waals surface area contributed by atoms with Crippen molar-refractivity contribution < 1.29 is 9.84 Å². The molecule has 1 aliphatic carbocycles. The normalized spacial score (nSPS) is 24.3. The monoisotopic (exact) mass is 144 g/mol. The summed E-state index contributed by atoms with van der Waals surface area (Å²) in [5.74, 6) is 0. The fourth-order valence-electron chi connectivity index (χ4n) is 1.28. The Morgan fingerprint density at radius 1 is 1.60 bits per heavy atom. The van der Waals surface area contributed by atoms with Gasteiger partial charge in [0.05, 0.1) is 12.7 Å². The van der Waals surface area contributed by atoms with Crippen LogP contribution in [-0.4, -0.2) is 24.4 Å². The van der Waals surface area contributed by atoms with E-state index in [0.29, 0.717) is 0 Å². The first-order valence-corrected chi connectivity index (χ1v) is 3.97. The lowest BCUT2D eigenvalue weighted by molar-refractivity contribution is -0.000508. The summed E-state index contributed by atoms with van der Waals surface area (Å²) in [6.07, 6.45) is 2.50. The SMILES string of the molecule is CCOC(C)C1(CO)CC1. The summed E-state index contributed by atoms with van der Waals surface area (Å²) in [5, 5.41) is 8.97. The molecule has 0 aromatic rings. The summed E-state index contributed by atoms with van der Waals surface area (Å²) >= 11 is 0. The Labute approximate surface area is 62.2 Å². The van der Waals surface area contributed by atoms with Crippen molar-refractivity contribution in [1.29, 1.82) is 0 Å². The lowest BCUT2D eigenvalue weighted by atomic mass is 10.0. The van der Waals surface area contributed by atoms with Crippen LogP contribution < -0.4 is 0 Å². The molecule has 60 valence electrons. The van der Waals surface area contributed by atoms with Gasteiger partial charge >= 0.3 is 0 Å². The second-order valence-corrected chi connectivity index (χ2v) is 3.12. The van der Waals surface area contributed by atoms with Crippen LogP contribution in [0.5, 0.6) is 0 Å². The van der Waals surface area contributed by atoms with Crippen LogP contribution in [0.25, 0.3) is 0 Å². The number of aliphatic hydroxyl groups excluding tert-OH is 1. The van der Waals surface area contributed by atoms with Gasteiger partial charge in [-0.1, -0.05) is 0 Å². The van der Waals surface area contributed by atoms with Gasteiger partial charge in [0.2, 0.25) is 0 Å². The van der Waals surface area contributed by atoms with E-state index < -0.39 is 0 Å². The molecule has 1 fully saturated rings. The highest BCUT2D eigenvalue weighted by atomic mass is 16.5. The van der Waals surface area contributed by atoms with Crippen molar-refractivity contribution in [3.8, 4) is 0 Å². The molecule has 0 radical (unpaired) electrons. The molecule has 1 atom stereocenters. The Morgan fingerprint density at radius 2 is 2.20 bits per heavy atom. The predicted molar refractivity (Wildman–Crippen MR) is 39.8 cm³/mol. The number of rotatable bonds is 4. The van der Waals surface area contributed by atoms with Crippen LogP contribution in [0.15, 0.2) is 0 Å². The van der Waals surface area contributed by atoms with Crippen LogP contribution >= 0.6 is 0 Å². The van der Waals surface area contributed by atoms with Gasteiger partial charge in [0.1, 0.15) is 0 Å². The quantitative estimate of drug-likeness (QED) is 0.642. The van der Waals surface area contributed by atoms with Gasteiger partial charge in [0.25, 0.3) is 0 Å². The number of hydrogen-bond acceptors (Lipinski definition) is 2. The molecule has 1 aliphatic rings. The minimum atomic E-state index is 0.135. The minimum absolute atomic E-state index is 0.135. The largest absolute Gasteiger partial charge is 0.396 e. The molecule has 0 aromatic heterocycles. The van der Waals surface area contributed by atoms with Gasteiger partial charge in [0.15, 0.2) is 0 Å². The van der Waals surface area contributed by atoms with Crippen LogP contribution in [0.4, 0.5) is 0 Å². The van der Waals surface area contributed by atoms with Crippen LogP contribution in [-0.2, 0) is 4.74 Å². The molecule has 0 spiro atoms. The van der Waals surface area contributed by atoms with Crippen molar-refractivity contribution in [2.24, 2.45) is 5.41 Å². The van der Waals surface area contributed by atoms with E-state index >= 15 is 0 Å². The lowest BCUT2D eigenvalue weighted by Gasteiger charge is -2.20. The number of aliphatic hydroxyl groups is 1. The Bertz CT molecular complexity index is 108. The van der Waals surface area contributed by atoms with Crippen LogP contribution in [0.3, 0.4) is 0 Å². The van der Waals surface area contributed by atoms with Gasteiger partial charge in [-0.25, -0.2) is 0 Å². The first-order valence-electron chi connectivity index (χ1n) is 3.97. The summed E-state index contributed by atoms with van der Waals surface area (Å²) in [4.78, 5) is 0. The zero-order valence-electron chi connectivity index (χ0n) is 6.76. The molecule has 1 rings (SSSR count). The summed E-state index contributed by atoms with van der Waals surface area (Å²) in [7, 11) is 0. The lowest BCUT2D eigenvalue weighted by Crippen LogP contribution is -2.25. The van der Waals surface area contributed by atoms with E-state index in [1.807, 2.05) is 13.8 Å². The highest BCUT2D eigenvalue weighted by Crippen LogP contribution is 2.49. The van der Waals surface area contributed by atoms with Crippen LogP contribution in [0, 0.1) is 5.41 Å². The number of ether oxygens (including phenoxy) is 1. The van der Waals surface area contributed by atoms with Gasteiger partial charge in [-0.2, -0.15) is 0 Å². The summed E-state index contributed by atoms with van der Waals surface area (Å²) in [5.41, 5.74) is 0.135. The third-order valence-electron chi connectivity index (χ3n) is 2.49. The maximum Gasteiger partial charge on any atom is 0.0624 e. The molecule has 0 heterocycles. The van der Waals surface area contributed by atoms with Crippen molar-refractivity contribution in [3.63, 3.8) is 0 Å². The maximum atomic E-state index is 8.97. The summed E-state index contributed by atoms with van der Waals surface area (Å²) in [6.45, 7) is 5.08. The van der Waals surface area contributed by atoms with E-state index in [9.17, 15) is 0 Å². The van der Waals surface area contributed by atoms with Crippen LogP contribution in [0.2, 0.25) is 0 Å². The van der Waals surface area contributed by atoms with E-state index in [4.69, 9.17) is 9.84 Å². The number of hydrogen-bond donors (Lipinski definition) is 1. The molecular weight excluding hydrogens is 128 g/mol. The molecule has 0 saturated heterocycles. The highest BCUT2D eigenvalue weighted by Gasteiger charge is 2.47. The zero-order valence-corrected chi connectivity index (χ0v) is 6.76. The third kappa shape index (κ3) is 1.32. The topological polar surface area (TPSA) is 29.5 Å². The molecule has 0 bridgehead atoms. The van der Waals surface area contributed by atoms with E-state index in [0.717, 1.165) is 19.4 Å².